The molecule has 0 saturated carbocycles. The molecule has 0 aliphatic carbocycles. The van der Waals surface area contributed by atoms with Crippen LogP contribution in [0.3, 0.4) is 0 Å². The van der Waals surface area contributed by atoms with Gasteiger partial charge in [0.25, 0.3) is 5.91 Å². The van der Waals surface area contributed by atoms with Crippen LogP contribution in [0.2, 0.25) is 5.02 Å². The number of aromatic amines is 1. The third kappa shape index (κ3) is 3.30. The SMILES string of the molecule is COC(=O)CCc1cnc2n1CCN(C(=O)c1cc3c(Cl)cccc3[nH]1)C2. The second-order valence-electron chi connectivity index (χ2n) is 6.50. The fourth-order valence-corrected chi connectivity index (χ4v) is 3.66. The van der Waals surface area contributed by atoms with Crippen LogP contribution in [0.1, 0.15) is 28.4 Å². The number of nitrogens with one attached hydrogen (secondary N) is 1. The molecule has 1 N–H and O–H groups in total. The molecule has 3 aromatic rings. The monoisotopic (exact) mass is 386 g/mol. The fraction of sp³-hybridized carbons (Fsp3) is 0.316. The van der Waals surface area contributed by atoms with Crippen molar-refractivity contribution in [2.75, 3.05) is 13.7 Å². The molecular formula is C19H19ClN4O3. The summed E-state index contributed by atoms with van der Waals surface area (Å²) in [4.78, 5) is 33.6. The van der Waals surface area contributed by atoms with Crippen molar-refractivity contribution >= 4 is 34.4 Å². The summed E-state index contributed by atoms with van der Waals surface area (Å²) in [5, 5.41) is 1.46. The lowest BCUT2D eigenvalue weighted by Crippen LogP contribution is -2.39. The van der Waals surface area contributed by atoms with E-state index in [2.05, 4.69) is 19.3 Å². The molecule has 140 valence electrons. The number of ether oxygens (including phenoxy) is 1. The second kappa shape index (κ2) is 7.08. The lowest BCUT2D eigenvalue weighted by atomic mass is 10.2. The summed E-state index contributed by atoms with van der Waals surface area (Å²) in [6, 6.07) is 7.35. The molecule has 0 atom stereocenters. The molecular weight excluding hydrogens is 368 g/mol. The van der Waals surface area contributed by atoms with E-state index < -0.39 is 0 Å². The molecule has 2 aromatic heterocycles. The van der Waals surface area contributed by atoms with Crippen molar-refractivity contribution in [3.63, 3.8) is 0 Å². The second-order valence-corrected chi connectivity index (χ2v) is 6.91. The molecule has 7 nitrogen and oxygen atoms in total. The Kier molecular flexibility index (Phi) is 4.61. The molecule has 0 radical (unpaired) electrons. The minimum absolute atomic E-state index is 0.0763. The number of halogens is 1. The molecule has 1 aromatic carbocycles. The standard InChI is InChI=1S/C19H19ClN4O3/c1-27-18(25)6-5-12-10-21-17-11-23(7-8-24(12)17)19(26)16-9-13-14(20)3-2-4-15(13)22-16/h2-4,9-10,22H,5-8,11H2,1H3. The van der Waals surface area contributed by atoms with Gasteiger partial charge in [-0.25, -0.2) is 4.98 Å². The van der Waals surface area contributed by atoms with Gasteiger partial charge in [-0.1, -0.05) is 17.7 Å². The quantitative estimate of drug-likeness (QED) is 0.699. The number of esters is 1. The van der Waals surface area contributed by atoms with Crippen LogP contribution in [0.25, 0.3) is 10.9 Å². The maximum atomic E-state index is 12.9. The summed E-state index contributed by atoms with van der Waals surface area (Å²) >= 11 is 6.20. The molecule has 0 unspecified atom stereocenters. The molecule has 0 spiro atoms. The van der Waals surface area contributed by atoms with Crippen molar-refractivity contribution < 1.29 is 14.3 Å². The number of carbonyl (C=O) groups excluding carboxylic acids is 2. The van der Waals surface area contributed by atoms with E-state index in [1.165, 1.54) is 7.11 Å². The Bertz CT molecular complexity index is 1020. The van der Waals surface area contributed by atoms with Crippen molar-refractivity contribution in [1.82, 2.24) is 19.4 Å². The van der Waals surface area contributed by atoms with Crippen LogP contribution >= 0.6 is 11.6 Å². The number of imidazole rings is 1. The average Bonchev–Trinajstić information content (AvgIpc) is 3.30. The first kappa shape index (κ1) is 17.6. The minimum Gasteiger partial charge on any atom is -0.469 e. The van der Waals surface area contributed by atoms with Crippen LogP contribution < -0.4 is 0 Å². The van der Waals surface area contributed by atoms with Crippen molar-refractivity contribution in [2.45, 2.75) is 25.9 Å². The van der Waals surface area contributed by atoms with Crippen molar-refractivity contribution in [2.24, 2.45) is 0 Å². The highest BCUT2D eigenvalue weighted by molar-refractivity contribution is 6.35. The summed E-state index contributed by atoms with van der Waals surface area (Å²) < 4.78 is 6.77. The van der Waals surface area contributed by atoms with Crippen LogP contribution in [-0.2, 0) is 29.0 Å². The molecule has 27 heavy (non-hydrogen) atoms. The first-order chi connectivity index (χ1) is 13.1. The minimum atomic E-state index is -0.240. The largest absolute Gasteiger partial charge is 0.469 e. The number of nitrogens with zero attached hydrogens (tertiary/aromatic N) is 3. The average molecular weight is 387 g/mol. The van der Waals surface area contributed by atoms with E-state index in [0.29, 0.717) is 43.2 Å². The van der Waals surface area contributed by atoms with E-state index in [1.54, 1.807) is 23.2 Å². The van der Waals surface area contributed by atoms with E-state index in [9.17, 15) is 9.59 Å². The Morgan fingerprint density at radius 2 is 2.19 bits per heavy atom. The van der Waals surface area contributed by atoms with Gasteiger partial charge in [0.2, 0.25) is 0 Å². The number of aryl methyl sites for hydroxylation is 1. The number of carbonyl (C=O) groups is 2. The lowest BCUT2D eigenvalue weighted by molar-refractivity contribution is -0.140. The molecule has 3 heterocycles. The van der Waals surface area contributed by atoms with Gasteiger partial charge in [-0.05, 0) is 24.6 Å². The molecule has 8 heteroatoms. The topological polar surface area (TPSA) is 80.2 Å². The van der Waals surface area contributed by atoms with Crippen molar-refractivity contribution in [3.05, 3.63) is 52.7 Å². The first-order valence-electron chi connectivity index (χ1n) is 8.73. The molecule has 1 aliphatic rings. The normalized spacial score (nSPS) is 13.6. The first-order valence-corrected chi connectivity index (χ1v) is 9.11. The van der Waals surface area contributed by atoms with E-state index in [4.69, 9.17) is 11.6 Å². The molecule has 1 aliphatic heterocycles. The molecule has 1 amide bonds. The van der Waals surface area contributed by atoms with Gasteiger partial charge in [0.15, 0.2) is 0 Å². The van der Waals surface area contributed by atoms with Gasteiger partial charge in [0.05, 0.1) is 20.1 Å². The highest BCUT2D eigenvalue weighted by Crippen LogP contribution is 2.25. The van der Waals surface area contributed by atoms with E-state index in [-0.39, 0.29) is 11.9 Å². The van der Waals surface area contributed by atoms with Crippen LogP contribution in [-0.4, -0.2) is 45.0 Å². The summed E-state index contributed by atoms with van der Waals surface area (Å²) in [5.74, 6) is 0.506. The van der Waals surface area contributed by atoms with Gasteiger partial charge in [-0.3, -0.25) is 9.59 Å². The number of rotatable bonds is 4. The Labute approximate surface area is 160 Å². The highest BCUT2D eigenvalue weighted by atomic mass is 35.5. The Morgan fingerprint density at radius 3 is 2.96 bits per heavy atom. The van der Waals surface area contributed by atoms with Gasteiger partial charge in [-0.15, -0.1) is 0 Å². The number of fused-ring (bicyclic) bond motifs is 2. The summed E-state index contributed by atoms with van der Waals surface area (Å²) in [6.45, 7) is 1.66. The number of methoxy groups -OCH3 is 1. The van der Waals surface area contributed by atoms with Crippen LogP contribution in [0.5, 0.6) is 0 Å². The van der Waals surface area contributed by atoms with Gasteiger partial charge < -0.3 is 19.2 Å². The fourth-order valence-electron chi connectivity index (χ4n) is 3.43. The smallest absolute Gasteiger partial charge is 0.305 e. The number of aromatic nitrogens is 3. The van der Waals surface area contributed by atoms with Crippen molar-refractivity contribution in [3.8, 4) is 0 Å². The van der Waals surface area contributed by atoms with E-state index in [0.717, 1.165) is 22.4 Å². The molecule has 0 saturated heterocycles. The van der Waals surface area contributed by atoms with Crippen LogP contribution in [0.4, 0.5) is 0 Å². The predicted molar refractivity (Wildman–Crippen MR) is 101 cm³/mol. The Balaban J connectivity index is 1.50. The molecule has 0 bridgehead atoms. The molecule has 0 fully saturated rings. The van der Waals surface area contributed by atoms with Crippen LogP contribution in [0.15, 0.2) is 30.5 Å². The number of benzene rings is 1. The van der Waals surface area contributed by atoms with Gasteiger partial charge in [0, 0.05) is 40.9 Å². The highest BCUT2D eigenvalue weighted by Gasteiger charge is 2.25. The Hall–Kier alpha value is -2.80. The van der Waals surface area contributed by atoms with E-state index >= 15 is 0 Å². The third-order valence-corrected chi connectivity index (χ3v) is 5.22. The maximum absolute atomic E-state index is 12.9. The lowest BCUT2D eigenvalue weighted by Gasteiger charge is -2.28. The predicted octanol–water partition coefficient (Wildman–Crippen LogP) is 2.78. The van der Waals surface area contributed by atoms with Gasteiger partial charge in [-0.2, -0.15) is 0 Å². The maximum Gasteiger partial charge on any atom is 0.305 e. The third-order valence-electron chi connectivity index (χ3n) is 4.89. The molecule has 4 rings (SSSR count). The van der Waals surface area contributed by atoms with Crippen LogP contribution in [0, 0.1) is 0 Å². The Morgan fingerprint density at radius 1 is 1.33 bits per heavy atom. The van der Waals surface area contributed by atoms with E-state index in [1.807, 2.05) is 12.1 Å². The van der Waals surface area contributed by atoms with Gasteiger partial charge >= 0.3 is 5.97 Å². The summed E-state index contributed by atoms with van der Waals surface area (Å²) in [5.41, 5.74) is 2.35. The van der Waals surface area contributed by atoms with Crippen molar-refractivity contribution in [1.29, 1.82) is 0 Å². The zero-order chi connectivity index (χ0) is 19.0. The summed E-state index contributed by atoms with van der Waals surface area (Å²) in [6.07, 6.45) is 2.67. The number of hydrogen-bond donors (Lipinski definition) is 1. The zero-order valence-electron chi connectivity index (χ0n) is 14.9. The number of hydrogen-bond acceptors (Lipinski definition) is 4. The zero-order valence-corrected chi connectivity index (χ0v) is 15.6. The van der Waals surface area contributed by atoms with Gasteiger partial charge in [0.1, 0.15) is 11.5 Å². The number of amides is 1. The number of H-pyrrole nitrogens is 1. The summed E-state index contributed by atoms with van der Waals surface area (Å²) in [7, 11) is 1.38.